The largest absolute Gasteiger partial charge is 0.484 e. The molecule has 0 fully saturated rings. The number of sulfonamides is 1. The molecular weight excluding hydrogens is 420 g/mol. The summed E-state index contributed by atoms with van der Waals surface area (Å²) in [5.74, 6) is 0.0966. The second-order valence-electron chi connectivity index (χ2n) is 6.07. The van der Waals surface area contributed by atoms with E-state index < -0.39 is 10.0 Å². The molecule has 0 saturated heterocycles. The highest BCUT2D eigenvalue weighted by Crippen LogP contribution is 2.23. The van der Waals surface area contributed by atoms with Gasteiger partial charge in [-0.25, -0.2) is 13.1 Å². The molecule has 2 rings (SSSR count). The molecule has 0 heterocycles. The van der Waals surface area contributed by atoms with Gasteiger partial charge in [0.2, 0.25) is 10.0 Å². The van der Waals surface area contributed by atoms with E-state index in [1.807, 2.05) is 19.1 Å². The first-order chi connectivity index (χ1) is 12.2. The van der Waals surface area contributed by atoms with E-state index in [1.165, 1.54) is 24.3 Å². The Labute approximate surface area is 162 Å². The van der Waals surface area contributed by atoms with Crippen LogP contribution in [0.25, 0.3) is 0 Å². The average molecular weight is 441 g/mol. The lowest BCUT2D eigenvalue weighted by atomic mass is 10.2. The number of hydrogen-bond donors (Lipinski definition) is 2. The number of aryl methyl sites for hydroxylation is 1. The third kappa shape index (κ3) is 5.82. The van der Waals surface area contributed by atoms with E-state index in [4.69, 9.17) is 4.74 Å². The lowest BCUT2D eigenvalue weighted by Crippen LogP contribution is -2.30. The number of nitrogens with one attached hydrogen (secondary N) is 2. The summed E-state index contributed by atoms with van der Waals surface area (Å²) < 4.78 is 32.8. The molecule has 0 unspecified atom stereocenters. The van der Waals surface area contributed by atoms with Gasteiger partial charge in [-0.15, -0.1) is 0 Å². The van der Waals surface area contributed by atoms with Crippen molar-refractivity contribution in [2.24, 2.45) is 0 Å². The molecule has 0 aromatic heterocycles. The molecule has 1 amide bonds. The third-order valence-corrected chi connectivity index (χ3v) is 5.62. The van der Waals surface area contributed by atoms with Gasteiger partial charge >= 0.3 is 0 Å². The Morgan fingerprint density at radius 1 is 1.15 bits per heavy atom. The summed E-state index contributed by atoms with van der Waals surface area (Å²) in [5.41, 5.74) is 1.73. The van der Waals surface area contributed by atoms with E-state index in [0.29, 0.717) is 11.4 Å². The van der Waals surface area contributed by atoms with Crippen molar-refractivity contribution in [3.63, 3.8) is 0 Å². The molecule has 140 valence electrons. The highest BCUT2D eigenvalue weighted by Gasteiger charge is 2.15. The van der Waals surface area contributed by atoms with Crippen molar-refractivity contribution in [2.75, 3.05) is 11.9 Å². The number of anilines is 1. The minimum atomic E-state index is -3.55. The molecule has 0 saturated carbocycles. The first-order valence-electron chi connectivity index (χ1n) is 7.98. The van der Waals surface area contributed by atoms with Gasteiger partial charge in [-0.05, 0) is 78.7 Å². The molecule has 8 heteroatoms. The van der Waals surface area contributed by atoms with Gasteiger partial charge in [-0.1, -0.05) is 6.07 Å². The van der Waals surface area contributed by atoms with Crippen LogP contribution in [-0.4, -0.2) is 27.0 Å². The van der Waals surface area contributed by atoms with Crippen LogP contribution in [0.5, 0.6) is 5.75 Å². The van der Waals surface area contributed by atoms with Crippen LogP contribution in [0.15, 0.2) is 51.8 Å². The molecule has 26 heavy (non-hydrogen) atoms. The van der Waals surface area contributed by atoms with Crippen LogP contribution in [0.1, 0.15) is 19.4 Å². The monoisotopic (exact) mass is 440 g/mol. The van der Waals surface area contributed by atoms with E-state index in [1.54, 1.807) is 19.9 Å². The molecule has 6 nitrogen and oxygen atoms in total. The number of halogens is 1. The Kier molecular flexibility index (Phi) is 6.80. The molecule has 2 aromatic carbocycles. The van der Waals surface area contributed by atoms with Gasteiger partial charge in [-0.3, -0.25) is 4.79 Å². The van der Waals surface area contributed by atoms with Gasteiger partial charge in [0.25, 0.3) is 5.91 Å². The fraction of sp³-hybridized carbons (Fsp3) is 0.278. The van der Waals surface area contributed by atoms with Gasteiger partial charge < -0.3 is 10.1 Å². The molecule has 0 atom stereocenters. The van der Waals surface area contributed by atoms with E-state index in [-0.39, 0.29) is 23.5 Å². The van der Waals surface area contributed by atoms with Crippen molar-refractivity contribution in [2.45, 2.75) is 31.7 Å². The van der Waals surface area contributed by atoms with Crippen LogP contribution < -0.4 is 14.8 Å². The first-order valence-corrected chi connectivity index (χ1v) is 10.3. The molecule has 0 aliphatic carbocycles. The second-order valence-corrected chi connectivity index (χ2v) is 8.64. The van der Waals surface area contributed by atoms with Crippen molar-refractivity contribution in [3.05, 3.63) is 52.5 Å². The van der Waals surface area contributed by atoms with Gasteiger partial charge in [0, 0.05) is 10.5 Å². The summed E-state index contributed by atoms with van der Waals surface area (Å²) >= 11 is 3.40. The van der Waals surface area contributed by atoms with E-state index >= 15 is 0 Å². The Hall–Kier alpha value is -1.90. The number of carbonyl (C=O) groups is 1. The van der Waals surface area contributed by atoms with Crippen molar-refractivity contribution in [3.8, 4) is 5.75 Å². The van der Waals surface area contributed by atoms with Crippen molar-refractivity contribution < 1.29 is 17.9 Å². The Bertz CT molecular complexity index is 881. The predicted molar refractivity (Wildman–Crippen MR) is 105 cm³/mol. The molecule has 0 radical (unpaired) electrons. The van der Waals surface area contributed by atoms with Gasteiger partial charge in [0.15, 0.2) is 6.61 Å². The number of benzene rings is 2. The Balaban J connectivity index is 1.94. The highest BCUT2D eigenvalue weighted by molar-refractivity contribution is 9.10. The zero-order valence-electron chi connectivity index (χ0n) is 14.7. The summed E-state index contributed by atoms with van der Waals surface area (Å²) in [6, 6.07) is 11.3. The van der Waals surface area contributed by atoms with Crippen molar-refractivity contribution in [1.82, 2.24) is 4.72 Å². The maximum absolute atomic E-state index is 12.1. The molecular formula is C18H21BrN2O4S. The summed E-state index contributed by atoms with van der Waals surface area (Å²) in [6.07, 6.45) is 0. The maximum Gasteiger partial charge on any atom is 0.262 e. The van der Waals surface area contributed by atoms with E-state index in [9.17, 15) is 13.2 Å². The lowest BCUT2D eigenvalue weighted by molar-refractivity contribution is -0.118. The van der Waals surface area contributed by atoms with Gasteiger partial charge in [0.05, 0.1) is 10.6 Å². The van der Waals surface area contributed by atoms with Gasteiger partial charge in [-0.2, -0.15) is 0 Å². The number of amides is 1. The minimum Gasteiger partial charge on any atom is -0.484 e. The zero-order chi connectivity index (χ0) is 19.3. The molecule has 0 aliphatic rings. The summed E-state index contributed by atoms with van der Waals surface area (Å²) in [4.78, 5) is 12.2. The second kappa shape index (κ2) is 8.66. The number of carbonyl (C=O) groups excluding carboxylic acids is 1. The maximum atomic E-state index is 12.1. The average Bonchev–Trinajstić information content (AvgIpc) is 2.55. The summed E-state index contributed by atoms with van der Waals surface area (Å²) in [5, 5.41) is 2.75. The smallest absolute Gasteiger partial charge is 0.262 e. The van der Waals surface area contributed by atoms with E-state index in [2.05, 4.69) is 26.0 Å². The topological polar surface area (TPSA) is 84.5 Å². The fourth-order valence-corrected chi connectivity index (χ4v) is 3.99. The quantitative estimate of drug-likeness (QED) is 0.690. The number of hydrogen-bond acceptors (Lipinski definition) is 4. The van der Waals surface area contributed by atoms with Crippen LogP contribution in [0, 0.1) is 6.92 Å². The zero-order valence-corrected chi connectivity index (χ0v) is 17.1. The summed E-state index contributed by atoms with van der Waals surface area (Å²) in [7, 11) is -3.55. The van der Waals surface area contributed by atoms with Crippen LogP contribution in [0.2, 0.25) is 0 Å². The van der Waals surface area contributed by atoms with Crippen LogP contribution in [0.4, 0.5) is 5.69 Å². The third-order valence-electron chi connectivity index (χ3n) is 3.29. The molecule has 2 aromatic rings. The number of rotatable bonds is 7. The summed E-state index contributed by atoms with van der Waals surface area (Å²) in [6.45, 7) is 5.27. The molecule has 0 spiro atoms. The normalized spacial score (nSPS) is 11.4. The first kappa shape index (κ1) is 20.4. The molecule has 2 N–H and O–H groups in total. The highest BCUT2D eigenvalue weighted by atomic mass is 79.9. The Morgan fingerprint density at radius 3 is 2.38 bits per heavy atom. The minimum absolute atomic E-state index is 0.145. The molecule has 0 aliphatic heterocycles. The number of ether oxygens (including phenoxy) is 1. The van der Waals surface area contributed by atoms with Crippen molar-refractivity contribution >= 4 is 37.5 Å². The van der Waals surface area contributed by atoms with Crippen molar-refractivity contribution in [1.29, 1.82) is 0 Å². The van der Waals surface area contributed by atoms with E-state index in [0.717, 1.165) is 10.0 Å². The van der Waals surface area contributed by atoms with Crippen LogP contribution in [0.3, 0.4) is 0 Å². The van der Waals surface area contributed by atoms with Crippen LogP contribution in [-0.2, 0) is 14.8 Å². The predicted octanol–water partition coefficient (Wildman–Crippen LogP) is 3.46. The lowest BCUT2D eigenvalue weighted by Gasteiger charge is -2.11. The van der Waals surface area contributed by atoms with Gasteiger partial charge in [0.1, 0.15) is 5.75 Å². The standard InChI is InChI=1S/C18H21BrN2O4S/c1-12(2)21-26(23,24)15-7-5-14(6-8-15)25-11-18(22)20-17-9-4-13(3)10-16(17)19/h4-10,12,21H,11H2,1-3H3,(H,20,22). The van der Waals surface area contributed by atoms with Crippen LogP contribution >= 0.6 is 15.9 Å². The molecule has 0 bridgehead atoms. The SMILES string of the molecule is Cc1ccc(NC(=O)COc2ccc(S(=O)(=O)NC(C)C)cc2)c(Br)c1. The fourth-order valence-electron chi connectivity index (χ4n) is 2.15. The Morgan fingerprint density at radius 2 is 1.81 bits per heavy atom.